The van der Waals surface area contributed by atoms with Crippen LogP contribution in [0.25, 0.3) is 11.1 Å². The van der Waals surface area contributed by atoms with Gasteiger partial charge in [0.2, 0.25) is 0 Å². The van der Waals surface area contributed by atoms with E-state index < -0.39 is 0 Å². The van der Waals surface area contributed by atoms with E-state index in [4.69, 9.17) is 0 Å². The molecule has 0 unspecified atom stereocenters. The number of amides is 1. The molecule has 0 saturated heterocycles. The van der Waals surface area contributed by atoms with E-state index >= 15 is 0 Å². The molecule has 0 aliphatic carbocycles. The average molecular weight is 378 g/mol. The van der Waals surface area contributed by atoms with Crippen LogP contribution >= 0.6 is 15.9 Å². The summed E-state index contributed by atoms with van der Waals surface area (Å²) in [6, 6.07) is 12.2. The summed E-state index contributed by atoms with van der Waals surface area (Å²) in [5.41, 5.74) is 2.40. The largest absolute Gasteiger partial charge is 0.334 e. The Morgan fingerprint density at radius 1 is 0.957 bits per heavy atom. The zero-order valence-electron chi connectivity index (χ0n) is 13.8. The molecular weight excluding hydrogens is 357 g/mol. The van der Waals surface area contributed by atoms with Gasteiger partial charge in [-0.3, -0.25) is 4.79 Å². The van der Waals surface area contributed by atoms with Crippen molar-refractivity contribution in [2.45, 2.75) is 39.8 Å². The van der Waals surface area contributed by atoms with Crippen LogP contribution in [0, 0.1) is 5.82 Å². The predicted molar refractivity (Wildman–Crippen MR) is 96.0 cm³/mol. The van der Waals surface area contributed by atoms with Gasteiger partial charge in [0.05, 0.1) is 5.56 Å². The lowest BCUT2D eigenvalue weighted by molar-refractivity contribution is 0.0643. The van der Waals surface area contributed by atoms with Crippen molar-refractivity contribution in [1.29, 1.82) is 0 Å². The second-order valence-corrected chi connectivity index (χ2v) is 6.96. The van der Waals surface area contributed by atoms with Crippen molar-refractivity contribution in [2.75, 3.05) is 0 Å². The number of halogens is 2. The van der Waals surface area contributed by atoms with E-state index in [0.29, 0.717) is 5.56 Å². The zero-order valence-corrected chi connectivity index (χ0v) is 15.4. The molecule has 0 aromatic heterocycles. The molecule has 2 nitrogen and oxygen atoms in total. The van der Waals surface area contributed by atoms with Gasteiger partial charge in [-0.15, -0.1) is 0 Å². The summed E-state index contributed by atoms with van der Waals surface area (Å²) in [7, 11) is 0. The summed E-state index contributed by atoms with van der Waals surface area (Å²) < 4.78 is 13.9. The Bertz CT molecular complexity index is 687. The summed E-state index contributed by atoms with van der Waals surface area (Å²) in [4.78, 5) is 14.8. The van der Waals surface area contributed by atoms with Gasteiger partial charge in [-0.1, -0.05) is 18.2 Å². The van der Waals surface area contributed by atoms with Crippen LogP contribution in [0.1, 0.15) is 38.1 Å². The van der Waals surface area contributed by atoms with E-state index in [-0.39, 0.29) is 23.8 Å². The Morgan fingerprint density at radius 3 is 2.00 bits per heavy atom. The lowest BCUT2D eigenvalue weighted by Gasteiger charge is -2.31. The summed E-state index contributed by atoms with van der Waals surface area (Å²) in [6.45, 7) is 8.04. The van der Waals surface area contributed by atoms with Crippen molar-refractivity contribution in [3.05, 3.63) is 58.3 Å². The van der Waals surface area contributed by atoms with Gasteiger partial charge in [0, 0.05) is 16.6 Å². The highest BCUT2D eigenvalue weighted by Gasteiger charge is 2.23. The average Bonchev–Trinajstić information content (AvgIpc) is 2.47. The number of hydrogen-bond acceptors (Lipinski definition) is 1. The van der Waals surface area contributed by atoms with Crippen molar-refractivity contribution in [3.63, 3.8) is 0 Å². The molecule has 0 heterocycles. The van der Waals surface area contributed by atoms with Crippen LogP contribution < -0.4 is 0 Å². The predicted octanol–water partition coefficient (Wildman–Crippen LogP) is 5.51. The van der Waals surface area contributed by atoms with Gasteiger partial charge in [0.15, 0.2) is 0 Å². The minimum Gasteiger partial charge on any atom is -0.334 e. The molecule has 0 aliphatic heterocycles. The van der Waals surface area contributed by atoms with Crippen LogP contribution in [-0.4, -0.2) is 22.9 Å². The smallest absolute Gasteiger partial charge is 0.255 e. The van der Waals surface area contributed by atoms with Crippen LogP contribution in [0.5, 0.6) is 0 Å². The van der Waals surface area contributed by atoms with Crippen LogP contribution in [0.4, 0.5) is 4.39 Å². The fraction of sp³-hybridized carbons (Fsp3) is 0.316. The van der Waals surface area contributed by atoms with Crippen molar-refractivity contribution in [1.82, 2.24) is 4.90 Å². The third-order valence-corrected chi connectivity index (χ3v) is 4.41. The molecule has 0 N–H and O–H groups in total. The van der Waals surface area contributed by atoms with Crippen LogP contribution in [0.15, 0.2) is 46.9 Å². The van der Waals surface area contributed by atoms with Crippen LogP contribution in [-0.2, 0) is 0 Å². The van der Waals surface area contributed by atoms with Gasteiger partial charge in [-0.05, 0) is 79.0 Å². The maximum absolute atomic E-state index is 13.1. The molecule has 2 aromatic rings. The molecule has 0 spiro atoms. The number of carbonyl (C=O) groups is 1. The molecule has 0 aliphatic rings. The third kappa shape index (κ3) is 3.99. The van der Waals surface area contributed by atoms with Gasteiger partial charge in [-0.2, -0.15) is 0 Å². The minimum atomic E-state index is -0.270. The van der Waals surface area contributed by atoms with Crippen molar-refractivity contribution in [3.8, 4) is 11.1 Å². The number of benzene rings is 2. The molecular formula is C19H21BrFNO. The van der Waals surface area contributed by atoms with Crippen molar-refractivity contribution < 1.29 is 9.18 Å². The molecule has 0 bridgehead atoms. The van der Waals surface area contributed by atoms with Gasteiger partial charge in [0.25, 0.3) is 5.91 Å². The zero-order chi connectivity index (χ0) is 17.1. The second-order valence-electron chi connectivity index (χ2n) is 6.10. The monoisotopic (exact) mass is 377 g/mol. The molecule has 0 atom stereocenters. The molecule has 0 fully saturated rings. The quantitative estimate of drug-likeness (QED) is 0.687. The topological polar surface area (TPSA) is 20.3 Å². The molecule has 23 heavy (non-hydrogen) atoms. The summed E-state index contributed by atoms with van der Waals surface area (Å²) in [6.07, 6.45) is 0. The highest BCUT2D eigenvalue weighted by molar-refractivity contribution is 9.10. The fourth-order valence-electron chi connectivity index (χ4n) is 2.72. The standard InChI is InChI=1S/C19H21BrFNO/c1-12(2)22(13(3)4)19(23)17-11-15(7-10-18(17)20)14-5-8-16(21)9-6-14/h5-13H,1-4H3. The molecule has 1 amide bonds. The van der Waals surface area contributed by atoms with Crippen molar-refractivity contribution in [2.24, 2.45) is 0 Å². The number of rotatable bonds is 4. The number of carbonyl (C=O) groups excluding carboxylic acids is 1. The normalized spacial score (nSPS) is 11.1. The van der Waals surface area contributed by atoms with E-state index in [0.717, 1.165) is 15.6 Å². The molecule has 0 radical (unpaired) electrons. The first-order chi connectivity index (χ1) is 10.8. The van der Waals surface area contributed by atoms with E-state index in [2.05, 4.69) is 15.9 Å². The van der Waals surface area contributed by atoms with Gasteiger partial charge < -0.3 is 4.90 Å². The first-order valence-corrected chi connectivity index (χ1v) is 8.48. The molecule has 4 heteroatoms. The number of nitrogens with zero attached hydrogens (tertiary/aromatic N) is 1. The highest BCUT2D eigenvalue weighted by atomic mass is 79.9. The van der Waals surface area contributed by atoms with Crippen LogP contribution in [0.3, 0.4) is 0 Å². The van der Waals surface area contributed by atoms with Gasteiger partial charge in [0.1, 0.15) is 5.82 Å². The third-order valence-electron chi connectivity index (χ3n) is 3.72. The molecule has 2 aromatic carbocycles. The van der Waals surface area contributed by atoms with Gasteiger partial charge >= 0.3 is 0 Å². The van der Waals surface area contributed by atoms with Crippen molar-refractivity contribution >= 4 is 21.8 Å². The van der Waals surface area contributed by atoms with E-state index in [1.165, 1.54) is 12.1 Å². The Kier molecular flexibility index (Phi) is 5.58. The summed E-state index contributed by atoms with van der Waals surface area (Å²) in [5, 5.41) is 0. The lowest BCUT2D eigenvalue weighted by atomic mass is 10.0. The van der Waals surface area contributed by atoms with Gasteiger partial charge in [-0.25, -0.2) is 4.39 Å². The first-order valence-electron chi connectivity index (χ1n) is 7.69. The summed E-state index contributed by atoms with van der Waals surface area (Å²) in [5.74, 6) is -0.279. The fourth-order valence-corrected chi connectivity index (χ4v) is 3.13. The Labute approximate surface area is 145 Å². The Balaban J connectivity index is 2.44. The number of hydrogen-bond donors (Lipinski definition) is 0. The summed E-state index contributed by atoms with van der Waals surface area (Å²) >= 11 is 3.47. The molecule has 0 saturated carbocycles. The Morgan fingerprint density at radius 2 is 1.48 bits per heavy atom. The van der Waals surface area contributed by atoms with E-state index in [1.54, 1.807) is 12.1 Å². The first kappa shape index (κ1) is 17.7. The second kappa shape index (κ2) is 7.26. The minimum absolute atomic E-state index is 0.00848. The molecule has 2 rings (SSSR count). The van der Waals surface area contributed by atoms with Crippen LogP contribution in [0.2, 0.25) is 0 Å². The van der Waals surface area contributed by atoms with E-state index in [9.17, 15) is 9.18 Å². The molecule has 122 valence electrons. The maximum Gasteiger partial charge on any atom is 0.255 e. The lowest BCUT2D eigenvalue weighted by Crippen LogP contribution is -2.42. The highest BCUT2D eigenvalue weighted by Crippen LogP contribution is 2.27. The van der Waals surface area contributed by atoms with E-state index in [1.807, 2.05) is 50.8 Å². The maximum atomic E-state index is 13.1. The Hall–Kier alpha value is -1.68. The SMILES string of the molecule is CC(C)N(C(=O)c1cc(-c2ccc(F)cc2)ccc1Br)C(C)C.